The molecule has 1 aromatic rings. The maximum atomic E-state index is 5.44. The lowest BCUT2D eigenvalue weighted by molar-refractivity contribution is 1.38. The van der Waals surface area contributed by atoms with E-state index in [0.29, 0.717) is 5.96 Å². The monoisotopic (exact) mass is 185 g/mol. The number of benzene rings is 1. The summed E-state index contributed by atoms with van der Waals surface area (Å²) in [6, 6.07) is 9.68. The molecular formula is C8H12ClN3. The fourth-order valence-corrected chi connectivity index (χ4v) is 0.725. The second kappa shape index (κ2) is 5.43. The molecule has 1 rings (SSSR count). The van der Waals surface area contributed by atoms with Gasteiger partial charge in [0.15, 0.2) is 5.96 Å². The molecule has 0 radical (unpaired) electrons. The smallest absolute Gasteiger partial charge is 0.192 e. The van der Waals surface area contributed by atoms with E-state index in [1.165, 1.54) is 0 Å². The van der Waals surface area contributed by atoms with Crippen molar-refractivity contribution < 1.29 is 0 Å². The Kier molecular flexibility index (Phi) is 4.88. The average Bonchev–Trinajstić information content (AvgIpc) is 2.06. The third kappa shape index (κ3) is 3.25. The van der Waals surface area contributed by atoms with Crippen molar-refractivity contribution in [1.29, 1.82) is 0 Å². The van der Waals surface area contributed by atoms with Crippen LogP contribution in [-0.4, -0.2) is 13.0 Å². The summed E-state index contributed by atoms with van der Waals surface area (Å²) >= 11 is 0. The Labute approximate surface area is 78.1 Å². The van der Waals surface area contributed by atoms with Crippen LogP contribution in [0.3, 0.4) is 0 Å². The first-order valence-electron chi connectivity index (χ1n) is 3.37. The molecule has 0 bridgehead atoms. The van der Waals surface area contributed by atoms with Crippen LogP contribution in [0.2, 0.25) is 0 Å². The van der Waals surface area contributed by atoms with Gasteiger partial charge in [0.1, 0.15) is 0 Å². The van der Waals surface area contributed by atoms with Crippen LogP contribution in [0.4, 0.5) is 5.69 Å². The molecule has 0 spiro atoms. The summed E-state index contributed by atoms with van der Waals surface area (Å²) in [5.41, 5.74) is 6.40. The Morgan fingerprint density at radius 3 is 2.42 bits per heavy atom. The minimum atomic E-state index is 0. The van der Waals surface area contributed by atoms with E-state index in [1.54, 1.807) is 7.05 Å². The third-order valence-corrected chi connectivity index (χ3v) is 1.29. The number of aliphatic imine (C=N–C) groups is 1. The number of guanidine groups is 1. The third-order valence-electron chi connectivity index (χ3n) is 1.29. The van der Waals surface area contributed by atoms with Crippen LogP contribution in [0.15, 0.2) is 35.3 Å². The number of nitrogens with one attached hydrogen (secondary N) is 1. The van der Waals surface area contributed by atoms with Crippen molar-refractivity contribution in [3.63, 3.8) is 0 Å². The van der Waals surface area contributed by atoms with Crippen LogP contribution in [0.1, 0.15) is 0 Å². The summed E-state index contributed by atoms with van der Waals surface area (Å²) in [4.78, 5) is 3.77. The second-order valence-electron chi connectivity index (χ2n) is 2.10. The topological polar surface area (TPSA) is 50.4 Å². The number of para-hydroxylation sites is 1. The molecule has 0 aliphatic heterocycles. The van der Waals surface area contributed by atoms with Crippen LogP contribution in [0, 0.1) is 0 Å². The fourth-order valence-electron chi connectivity index (χ4n) is 0.725. The molecule has 0 amide bonds. The zero-order chi connectivity index (χ0) is 8.10. The normalized spacial score (nSPS) is 10.2. The van der Waals surface area contributed by atoms with Crippen molar-refractivity contribution in [3.8, 4) is 0 Å². The largest absolute Gasteiger partial charge is 0.370 e. The van der Waals surface area contributed by atoms with Crippen LogP contribution in [-0.2, 0) is 0 Å². The lowest BCUT2D eigenvalue weighted by Gasteiger charge is -2.02. The van der Waals surface area contributed by atoms with E-state index in [1.807, 2.05) is 30.3 Å². The van der Waals surface area contributed by atoms with Gasteiger partial charge in [0.25, 0.3) is 0 Å². The van der Waals surface area contributed by atoms with Gasteiger partial charge in [-0.2, -0.15) is 0 Å². The van der Waals surface area contributed by atoms with Crippen molar-refractivity contribution in [1.82, 2.24) is 0 Å². The molecule has 0 saturated carbocycles. The highest BCUT2D eigenvalue weighted by Gasteiger charge is 1.89. The molecule has 1 aromatic carbocycles. The summed E-state index contributed by atoms with van der Waals surface area (Å²) in [5, 5.41) is 2.92. The van der Waals surface area contributed by atoms with Crippen LogP contribution < -0.4 is 11.1 Å². The van der Waals surface area contributed by atoms with E-state index in [-0.39, 0.29) is 12.4 Å². The van der Waals surface area contributed by atoms with E-state index < -0.39 is 0 Å². The quantitative estimate of drug-likeness (QED) is 0.514. The fraction of sp³-hybridized carbons (Fsp3) is 0.125. The zero-order valence-electron chi connectivity index (χ0n) is 6.82. The van der Waals surface area contributed by atoms with Crippen molar-refractivity contribution >= 4 is 24.1 Å². The Morgan fingerprint density at radius 2 is 1.92 bits per heavy atom. The number of anilines is 1. The van der Waals surface area contributed by atoms with Gasteiger partial charge < -0.3 is 11.1 Å². The van der Waals surface area contributed by atoms with Crippen LogP contribution in [0.25, 0.3) is 0 Å². The molecule has 0 fully saturated rings. The van der Waals surface area contributed by atoms with Gasteiger partial charge in [-0.15, -0.1) is 12.4 Å². The molecule has 3 nitrogen and oxygen atoms in total. The highest BCUT2D eigenvalue weighted by Crippen LogP contribution is 2.03. The summed E-state index contributed by atoms with van der Waals surface area (Å²) in [6.07, 6.45) is 0. The SMILES string of the molecule is CN=C(N)Nc1ccccc1.Cl. The van der Waals surface area contributed by atoms with Gasteiger partial charge in [0.05, 0.1) is 0 Å². The molecule has 0 aromatic heterocycles. The van der Waals surface area contributed by atoms with Crippen molar-refractivity contribution in [2.75, 3.05) is 12.4 Å². The van der Waals surface area contributed by atoms with Gasteiger partial charge in [0, 0.05) is 12.7 Å². The van der Waals surface area contributed by atoms with Crippen molar-refractivity contribution in [2.45, 2.75) is 0 Å². The van der Waals surface area contributed by atoms with Gasteiger partial charge in [-0.05, 0) is 12.1 Å². The van der Waals surface area contributed by atoms with E-state index >= 15 is 0 Å². The minimum absolute atomic E-state index is 0. The molecule has 0 atom stereocenters. The van der Waals surface area contributed by atoms with Gasteiger partial charge in [-0.25, -0.2) is 0 Å². The van der Waals surface area contributed by atoms with E-state index in [4.69, 9.17) is 5.73 Å². The number of rotatable bonds is 1. The summed E-state index contributed by atoms with van der Waals surface area (Å²) in [7, 11) is 1.64. The van der Waals surface area contributed by atoms with Gasteiger partial charge in [-0.3, -0.25) is 4.99 Å². The second-order valence-corrected chi connectivity index (χ2v) is 2.10. The number of hydrogen-bond acceptors (Lipinski definition) is 1. The van der Waals surface area contributed by atoms with Gasteiger partial charge >= 0.3 is 0 Å². The van der Waals surface area contributed by atoms with E-state index in [9.17, 15) is 0 Å². The lowest BCUT2D eigenvalue weighted by atomic mass is 10.3. The Balaban J connectivity index is 0.00000121. The zero-order valence-corrected chi connectivity index (χ0v) is 7.64. The molecule has 0 saturated heterocycles. The Bertz CT molecular complexity index is 246. The lowest BCUT2D eigenvalue weighted by Crippen LogP contribution is -2.21. The van der Waals surface area contributed by atoms with E-state index in [0.717, 1.165) is 5.69 Å². The first-order chi connectivity index (χ1) is 5.33. The Morgan fingerprint density at radius 1 is 1.33 bits per heavy atom. The average molecular weight is 186 g/mol. The van der Waals surface area contributed by atoms with Crippen molar-refractivity contribution in [3.05, 3.63) is 30.3 Å². The van der Waals surface area contributed by atoms with Gasteiger partial charge in [-0.1, -0.05) is 18.2 Å². The first-order valence-corrected chi connectivity index (χ1v) is 3.37. The predicted octanol–water partition coefficient (Wildman–Crippen LogP) is 1.46. The minimum Gasteiger partial charge on any atom is -0.370 e. The molecule has 12 heavy (non-hydrogen) atoms. The molecular weight excluding hydrogens is 174 g/mol. The number of hydrogen-bond donors (Lipinski definition) is 2. The number of nitrogens with two attached hydrogens (primary N) is 1. The molecule has 0 aliphatic carbocycles. The van der Waals surface area contributed by atoms with Crippen LogP contribution >= 0.6 is 12.4 Å². The molecule has 0 heterocycles. The highest BCUT2D eigenvalue weighted by atomic mass is 35.5. The standard InChI is InChI=1S/C8H11N3.ClH/c1-10-8(9)11-7-5-3-2-4-6-7;/h2-6H,1H3,(H3,9,10,11);1H. The van der Waals surface area contributed by atoms with Crippen LogP contribution in [0.5, 0.6) is 0 Å². The molecule has 0 unspecified atom stereocenters. The summed E-state index contributed by atoms with van der Waals surface area (Å²) < 4.78 is 0. The molecule has 4 heteroatoms. The molecule has 3 N–H and O–H groups in total. The number of nitrogens with zero attached hydrogens (tertiary/aromatic N) is 1. The van der Waals surface area contributed by atoms with Gasteiger partial charge in [0.2, 0.25) is 0 Å². The highest BCUT2D eigenvalue weighted by molar-refractivity contribution is 5.92. The first kappa shape index (κ1) is 10.8. The summed E-state index contributed by atoms with van der Waals surface area (Å²) in [5.74, 6) is 0.427. The summed E-state index contributed by atoms with van der Waals surface area (Å²) in [6.45, 7) is 0. The maximum Gasteiger partial charge on any atom is 0.192 e. The predicted molar refractivity (Wildman–Crippen MR) is 54.9 cm³/mol. The molecule has 66 valence electrons. The molecule has 0 aliphatic rings. The van der Waals surface area contributed by atoms with E-state index in [2.05, 4.69) is 10.3 Å². The Hall–Kier alpha value is -1.22. The van der Waals surface area contributed by atoms with Crippen molar-refractivity contribution in [2.24, 2.45) is 10.7 Å². The maximum absolute atomic E-state index is 5.44. The number of halogens is 1.